The zero-order valence-electron chi connectivity index (χ0n) is 19.1. The first-order chi connectivity index (χ1) is 16.0. The van der Waals surface area contributed by atoms with E-state index in [0.29, 0.717) is 17.5 Å². The summed E-state index contributed by atoms with van der Waals surface area (Å²) < 4.78 is 2.05. The lowest BCUT2D eigenvalue weighted by atomic mass is 9.99. The van der Waals surface area contributed by atoms with Gasteiger partial charge in [-0.15, -0.1) is 21.5 Å². The summed E-state index contributed by atoms with van der Waals surface area (Å²) in [6, 6.07) is 20.6. The van der Waals surface area contributed by atoms with Crippen molar-refractivity contribution in [2.45, 2.75) is 44.7 Å². The number of carbonyl (C=O) groups excluding carboxylic acids is 1. The summed E-state index contributed by atoms with van der Waals surface area (Å²) >= 11 is 3.10. The third-order valence-corrected chi connectivity index (χ3v) is 7.42. The molecule has 1 amide bonds. The van der Waals surface area contributed by atoms with Gasteiger partial charge in [-0.05, 0) is 60.5 Å². The van der Waals surface area contributed by atoms with E-state index in [1.165, 1.54) is 27.8 Å². The van der Waals surface area contributed by atoms with E-state index < -0.39 is 0 Å². The minimum Gasteiger partial charge on any atom is -0.325 e. The third-order valence-electron chi connectivity index (χ3n) is 5.61. The molecule has 33 heavy (non-hydrogen) atoms. The lowest BCUT2D eigenvalue weighted by molar-refractivity contribution is -0.113. The van der Waals surface area contributed by atoms with Gasteiger partial charge in [-0.1, -0.05) is 61.5 Å². The Kier molecular flexibility index (Phi) is 7.62. The molecule has 4 aromatic rings. The summed E-state index contributed by atoms with van der Waals surface area (Å²) in [6.45, 7) is 6.46. The van der Waals surface area contributed by atoms with Crippen molar-refractivity contribution in [1.29, 1.82) is 0 Å². The van der Waals surface area contributed by atoms with Crippen LogP contribution in [0.15, 0.2) is 71.2 Å². The average molecular weight is 477 g/mol. The second-order valence-corrected chi connectivity index (χ2v) is 10.1. The highest BCUT2D eigenvalue weighted by Gasteiger charge is 2.17. The van der Waals surface area contributed by atoms with Crippen LogP contribution in [0.4, 0.5) is 5.69 Å². The van der Waals surface area contributed by atoms with Crippen molar-refractivity contribution in [3.63, 3.8) is 0 Å². The maximum Gasteiger partial charge on any atom is 0.234 e. The number of rotatable bonds is 9. The summed E-state index contributed by atoms with van der Waals surface area (Å²) in [5.41, 5.74) is 4.29. The van der Waals surface area contributed by atoms with Crippen LogP contribution in [-0.4, -0.2) is 26.4 Å². The molecular formula is C26H28N4OS2. The summed E-state index contributed by atoms with van der Waals surface area (Å²) in [5, 5.41) is 14.6. The van der Waals surface area contributed by atoms with Crippen LogP contribution in [0.3, 0.4) is 0 Å². The van der Waals surface area contributed by atoms with Gasteiger partial charge in [0.25, 0.3) is 0 Å². The van der Waals surface area contributed by atoms with E-state index in [4.69, 9.17) is 0 Å². The monoisotopic (exact) mass is 476 g/mol. The lowest BCUT2D eigenvalue weighted by Crippen LogP contribution is -2.14. The van der Waals surface area contributed by atoms with Gasteiger partial charge in [0.05, 0.1) is 5.75 Å². The largest absolute Gasteiger partial charge is 0.325 e. The number of amides is 1. The van der Waals surface area contributed by atoms with Crippen molar-refractivity contribution in [2.24, 2.45) is 0 Å². The molecule has 0 bridgehead atoms. The van der Waals surface area contributed by atoms with E-state index in [2.05, 4.69) is 88.7 Å². The van der Waals surface area contributed by atoms with E-state index in [1.807, 2.05) is 18.2 Å². The minimum absolute atomic E-state index is 0.0606. The first kappa shape index (κ1) is 23.3. The topological polar surface area (TPSA) is 59.8 Å². The Bertz CT molecular complexity index is 1180. The molecule has 0 aliphatic heterocycles. The molecule has 5 nitrogen and oxygen atoms in total. The number of carbonyl (C=O) groups is 1. The van der Waals surface area contributed by atoms with Gasteiger partial charge in [-0.2, -0.15) is 0 Å². The van der Waals surface area contributed by atoms with Crippen molar-refractivity contribution in [3.8, 4) is 5.69 Å². The summed E-state index contributed by atoms with van der Waals surface area (Å²) in [6.07, 6.45) is 1.80. The molecule has 4 rings (SSSR count). The first-order valence-corrected chi connectivity index (χ1v) is 13.0. The quantitative estimate of drug-likeness (QED) is 0.281. The fraction of sp³-hybridized carbons (Fsp3) is 0.269. The van der Waals surface area contributed by atoms with E-state index >= 15 is 0 Å². The van der Waals surface area contributed by atoms with E-state index in [0.717, 1.165) is 23.6 Å². The lowest BCUT2D eigenvalue weighted by Gasteiger charge is -2.11. The second-order valence-electron chi connectivity index (χ2n) is 8.09. The maximum absolute atomic E-state index is 12.6. The van der Waals surface area contributed by atoms with Crippen LogP contribution in [0.5, 0.6) is 0 Å². The van der Waals surface area contributed by atoms with Crippen LogP contribution in [-0.2, 0) is 11.2 Å². The number of hydrogen-bond donors (Lipinski definition) is 1. The van der Waals surface area contributed by atoms with Crippen molar-refractivity contribution >= 4 is 34.7 Å². The molecule has 0 saturated carbocycles. The van der Waals surface area contributed by atoms with Gasteiger partial charge in [0.1, 0.15) is 5.82 Å². The van der Waals surface area contributed by atoms with Crippen molar-refractivity contribution < 1.29 is 4.79 Å². The van der Waals surface area contributed by atoms with Crippen LogP contribution in [0.2, 0.25) is 0 Å². The predicted octanol–water partition coefficient (Wildman–Crippen LogP) is 6.47. The SMILES string of the molecule is CC[C@@H](C)c1ccc(NC(=O)CSc2nnc(Cc3cccs3)n2-c2ccc(C)cc2)cc1. The number of nitrogens with zero attached hydrogens (tertiary/aromatic N) is 3. The number of benzene rings is 2. The van der Waals surface area contributed by atoms with E-state index in [1.54, 1.807) is 11.3 Å². The molecule has 0 spiro atoms. The Labute approximate surface area is 203 Å². The zero-order chi connectivity index (χ0) is 23.2. The molecule has 0 fully saturated rings. The number of thiophene rings is 1. The Balaban J connectivity index is 1.47. The highest BCUT2D eigenvalue weighted by atomic mass is 32.2. The highest BCUT2D eigenvalue weighted by Crippen LogP contribution is 2.25. The molecular weight excluding hydrogens is 448 g/mol. The average Bonchev–Trinajstić information content (AvgIpc) is 3.48. The maximum atomic E-state index is 12.6. The first-order valence-electron chi connectivity index (χ1n) is 11.1. The Morgan fingerprint density at radius 1 is 1.09 bits per heavy atom. The molecule has 1 N–H and O–H groups in total. The minimum atomic E-state index is -0.0606. The fourth-order valence-electron chi connectivity index (χ4n) is 3.49. The summed E-state index contributed by atoms with van der Waals surface area (Å²) in [5.74, 6) is 1.58. The molecule has 1 atom stereocenters. The Hall–Kier alpha value is -2.90. The molecule has 0 aliphatic carbocycles. The normalized spacial score (nSPS) is 12.0. The van der Waals surface area contributed by atoms with Crippen molar-refractivity contribution in [2.75, 3.05) is 11.1 Å². The number of aromatic nitrogens is 3. The van der Waals surface area contributed by atoms with Crippen molar-refractivity contribution in [1.82, 2.24) is 14.8 Å². The number of thioether (sulfide) groups is 1. The smallest absolute Gasteiger partial charge is 0.234 e. The molecule has 0 unspecified atom stereocenters. The van der Waals surface area contributed by atoms with Gasteiger partial charge in [0.15, 0.2) is 5.16 Å². The van der Waals surface area contributed by atoms with Crippen molar-refractivity contribution in [3.05, 3.63) is 87.9 Å². The molecule has 0 saturated heterocycles. The molecule has 0 aliphatic rings. The summed E-state index contributed by atoms with van der Waals surface area (Å²) in [4.78, 5) is 13.9. The Morgan fingerprint density at radius 2 is 1.85 bits per heavy atom. The number of nitrogens with one attached hydrogen (secondary N) is 1. The van der Waals surface area contributed by atoms with Gasteiger partial charge in [-0.3, -0.25) is 9.36 Å². The van der Waals surface area contributed by atoms with E-state index in [9.17, 15) is 4.79 Å². The number of anilines is 1. The van der Waals surface area contributed by atoms with Gasteiger partial charge in [-0.25, -0.2) is 0 Å². The number of aryl methyl sites for hydroxylation is 1. The third kappa shape index (κ3) is 5.92. The van der Waals surface area contributed by atoms with E-state index in [-0.39, 0.29) is 11.7 Å². The predicted molar refractivity (Wildman–Crippen MR) is 138 cm³/mol. The number of hydrogen-bond acceptors (Lipinski definition) is 5. The van der Waals surface area contributed by atoms with Crippen LogP contribution < -0.4 is 5.32 Å². The molecule has 2 aromatic carbocycles. The highest BCUT2D eigenvalue weighted by molar-refractivity contribution is 7.99. The molecule has 2 aromatic heterocycles. The molecule has 2 heterocycles. The van der Waals surface area contributed by atoms with Crippen LogP contribution in [0.25, 0.3) is 5.69 Å². The fourth-order valence-corrected chi connectivity index (χ4v) is 4.96. The van der Waals surface area contributed by atoms with Gasteiger partial charge >= 0.3 is 0 Å². The van der Waals surface area contributed by atoms with Crippen LogP contribution in [0, 0.1) is 6.92 Å². The van der Waals surface area contributed by atoms with Gasteiger partial charge in [0.2, 0.25) is 5.91 Å². The van der Waals surface area contributed by atoms with Crippen LogP contribution >= 0.6 is 23.1 Å². The zero-order valence-corrected chi connectivity index (χ0v) is 20.7. The van der Waals surface area contributed by atoms with Crippen LogP contribution in [0.1, 0.15) is 48.0 Å². The molecule has 170 valence electrons. The van der Waals surface area contributed by atoms with Gasteiger partial charge in [0, 0.05) is 22.7 Å². The molecule has 0 radical (unpaired) electrons. The molecule has 7 heteroatoms. The van der Waals surface area contributed by atoms with Gasteiger partial charge < -0.3 is 5.32 Å². The summed E-state index contributed by atoms with van der Waals surface area (Å²) in [7, 11) is 0. The second kappa shape index (κ2) is 10.8. The standard InChI is InChI=1S/C26H28N4OS2/c1-4-19(3)20-9-11-21(12-10-20)27-25(31)17-33-26-29-28-24(16-23-6-5-15-32-23)30(26)22-13-7-18(2)8-14-22/h5-15,19H,4,16-17H2,1-3H3,(H,27,31)/t19-/m1/s1. The Morgan fingerprint density at radius 3 is 2.52 bits per heavy atom.